The first-order chi connectivity index (χ1) is 8.54. The minimum absolute atomic E-state index is 0.00595. The molecule has 1 aromatic rings. The number of rotatable bonds is 6. The van der Waals surface area contributed by atoms with E-state index < -0.39 is 5.97 Å². The highest BCUT2D eigenvalue weighted by Crippen LogP contribution is 2.09. The van der Waals surface area contributed by atoms with E-state index in [0.717, 1.165) is 0 Å². The van der Waals surface area contributed by atoms with Crippen LogP contribution in [-0.4, -0.2) is 35.2 Å². The van der Waals surface area contributed by atoms with Crippen molar-refractivity contribution in [3.8, 4) is 0 Å². The fourth-order valence-corrected chi connectivity index (χ4v) is 1.47. The Kier molecular flexibility index (Phi) is 5.32. The molecule has 5 heteroatoms. The molecule has 0 aliphatic heterocycles. The Morgan fingerprint density at radius 3 is 2.61 bits per heavy atom. The van der Waals surface area contributed by atoms with E-state index in [-0.39, 0.29) is 30.4 Å². The van der Waals surface area contributed by atoms with Gasteiger partial charge in [0.2, 0.25) is 5.91 Å². The van der Waals surface area contributed by atoms with Gasteiger partial charge < -0.3 is 15.5 Å². The molecular formula is C13H17NO4. The summed E-state index contributed by atoms with van der Waals surface area (Å²) in [4.78, 5) is 22.6. The second-order valence-electron chi connectivity index (χ2n) is 4.23. The summed E-state index contributed by atoms with van der Waals surface area (Å²) in [7, 11) is 0. The third kappa shape index (κ3) is 4.18. The number of hydrogen-bond acceptors (Lipinski definition) is 3. The van der Waals surface area contributed by atoms with Crippen LogP contribution < -0.4 is 5.32 Å². The van der Waals surface area contributed by atoms with Gasteiger partial charge in [0.25, 0.3) is 0 Å². The summed E-state index contributed by atoms with van der Waals surface area (Å²) in [5, 5.41) is 20.5. The number of benzene rings is 1. The lowest BCUT2D eigenvalue weighted by Gasteiger charge is -2.10. The van der Waals surface area contributed by atoms with Gasteiger partial charge in [0.1, 0.15) is 0 Å². The van der Waals surface area contributed by atoms with Crippen LogP contribution in [0.5, 0.6) is 0 Å². The van der Waals surface area contributed by atoms with Crippen LogP contribution in [0.25, 0.3) is 0 Å². The fraction of sp³-hybridized carbons (Fsp3) is 0.385. The van der Waals surface area contributed by atoms with E-state index in [2.05, 4.69) is 5.32 Å². The van der Waals surface area contributed by atoms with Crippen molar-refractivity contribution in [2.24, 2.45) is 5.92 Å². The standard InChI is InChI=1S/C13H17NO4/c1-9(8-15)7-14-12(16)6-10-4-2-3-5-11(10)13(17)18/h2-5,9,15H,6-8H2,1H3,(H,14,16)(H,17,18). The van der Waals surface area contributed by atoms with Crippen LogP contribution in [0.2, 0.25) is 0 Å². The minimum atomic E-state index is -1.04. The summed E-state index contributed by atoms with van der Waals surface area (Å²) in [6, 6.07) is 6.42. The number of aromatic carboxylic acids is 1. The Balaban J connectivity index is 2.62. The normalized spacial score (nSPS) is 11.9. The number of carbonyl (C=O) groups excluding carboxylic acids is 1. The maximum absolute atomic E-state index is 11.6. The molecule has 0 heterocycles. The van der Waals surface area contributed by atoms with E-state index in [0.29, 0.717) is 12.1 Å². The zero-order chi connectivity index (χ0) is 13.5. The monoisotopic (exact) mass is 251 g/mol. The van der Waals surface area contributed by atoms with Gasteiger partial charge in [-0.2, -0.15) is 0 Å². The van der Waals surface area contributed by atoms with Crippen LogP contribution in [0, 0.1) is 5.92 Å². The van der Waals surface area contributed by atoms with Crippen molar-refractivity contribution in [1.29, 1.82) is 0 Å². The zero-order valence-corrected chi connectivity index (χ0v) is 10.2. The van der Waals surface area contributed by atoms with Gasteiger partial charge in [0.05, 0.1) is 12.0 Å². The number of amides is 1. The van der Waals surface area contributed by atoms with E-state index in [1.54, 1.807) is 18.2 Å². The zero-order valence-electron chi connectivity index (χ0n) is 10.2. The van der Waals surface area contributed by atoms with Gasteiger partial charge in [-0.25, -0.2) is 4.79 Å². The molecule has 1 rings (SSSR count). The largest absolute Gasteiger partial charge is 0.478 e. The quantitative estimate of drug-likeness (QED) is 0.693. The molecule has 0 aliphatic carbocycles. The van der Waals surface area contributed by atoms with Gasteiger partial charge in [-0.3, -0.25) is 4.79 Å². The average Bonchev–Trinajstić information content (AvgIpc) is 2.36. The SMILES string of the molecule is CC(CO)CNC(=O)Cc1ccccc1C(=O)O. The molecule has 1 unspecified atom stereocenters. The van der Waals surface area contributed by atoms with Crippen molar-refractivity contribution in [3.05, 3.63) is 35.4 Å². The number of carboxylic acid groups (broad SMARTS) is 1. The van der Waals surface area contributed by atoms with E-state index in [1.165, 1.54) is 6.07 Å². The number of hydrogen-bond donors (Lipinski definition) is 3. The number of carboxylic acids is 1. The van der Waals surface area contributed by atoms with Crippen LogP contribution in [0.15, 0.2) is 24.3 Å². The van der Waals surface area contributed by atoms with Gasteiger partial charge >= 0.3 is 5.97 Å². The predicted octanol–water partition coefficient (Wildman–Crippen LogP) is 0.672. The van der Waals surface area contributed by atoms with Gasteiger partial charge in [-0.1, -0.05) is 25.1 Å². The van der Waals surface area contributed by atoms with Crippen molar-refractivity contribution in [2.45, 2.75) is 13.3 Å². The lowest BCUT2D eigenvalue weighted by Crippen LogP contribution is -2.31. The maximum Gasteiger partial charge on any atom is 0.335 e. The van der Waals surface area contributed by atoms with E-state index in [4.69, 9.17) is 10.2 Å². The number of aliphatic hydroxyl groups is 1. The molecule has 1 atom stereocenters. The van der Waals surface area contributed by atoms with Crippen LogP contribution >= 0.6 is 0 Å². The molecule has 0 saturated heterocycles. The first kappa shape index (κ1) is 14.2. The highest BCUT2D eigenvalue weighted by atomic mass is 16.4. The fourth-order valence-electron chi connectivity index (χ4n) is 1.47. The molecule has 0 spiro atoms. The Bertz CT molecular complexity index is 431. The molecule has 3 N–H and O–H groups in total. The highest BCUT2D eigenvalue weighted by Gasteiger charge is 2.12. The lowest BCUT2D eigenvalue weighted by molar-refractivity contribution is -0.120. The average molecular weight is 251 g/mol. The van der Waals surface area contributed by atoms with Crippen molar-refractivity contribution in [1.82, 2.24) is 5.32 Å². The van der Waals surface area contributed by atoms with Gasteiger partial charge in [-0.15, -0.1) is 0 Å². The van der Waals surface area contributed by atoms with Gasteiger partial charge in [0, 0.05) is 13.2 Å². The smallest absolute Gasteiger partial charge is 0.335 e. The molecule has 0 aliphatic rings. The van der Waals surface area contributed by atoms with Crippen LogP contribution in [0.4, 0.5) is 0 Å². The van der Waals surface area contributed by atoms with Crippen LogP contribution in [0.3, 0.4) is 0 Å². The van der Waals surface area contributed by atoms with E-state index >= 15 is 0 Å². The Labute approximate surface area is 105 Å². The Hall–Kier alpha value is -1.88. The predicted molar refractivity (Wildman–Crippen MR) is 66.4 cm³/mol. The molecule has 5 nitrogen and oxygen atoms in total. The lowest BCUT2D eigenvalue weighted by atomic mass is 10.0. The first-order valence-electron chi connectivity index (χ1n) is 5.73. The third-order valence-electron chi connectivity index (χ3n) is 2.56. The minimum Gasteiger partial charge on any atom is -0.478 e. The summed E-state index contributed by atoms with van der Waals surface area (Å²) in [5.74, 6) is -1.30. The molecule has 1 aromatic carbocycles. The summed E-state index contributed by atoms with van der Waals surface area (Å²) in [6.07, 6.45) is 0.0284. The maximum atomic E-state index is 11.6. The molecule has 0 bridgehead atoms. The van der Waals surface area contributed by atoms with Crippen molar-refractivity contribution in [2.75, 3.05) is 13.2 Å². The van der Waals surface area contributed by atoms with Crippen molar-refractivity contribution < 1.29 is 19.8 Å². The summed E-state index contributed by atoms with van der Waals surface area (Å²) in [5.41, 5.74) is 0.627. The van der Waals surface area contributed by atoms with E-state index in [9.17, 15) is 9.59 Å². The number of carbonyl (C=O) groups is 2. The second kappa shape index (κ2) is 6.76. The van der Waals surface area contributed by atoms with Crippen molar-refractivity contribution in [3.63, 3.8) is 0 Å². The summed E-state index contributed by atoms with van der Waals surface area (Å²) < 4.78 is 0. The summed E-state index contributed by atoms with van der Waals surface area (Å²) in [6.45, 7) is 2.20. The molecule has 0 radical (unpaired) electrons. The third-order valence-corrected chi connectivity index (χ3v) is 2.56. The molecule has 98 valence electrons. The topological polar surface area (TPSA) is 86.6 Å². The second-order valence-corrected chi connectivity index (χ2v) is 4.23. The van der Waals surface area contributed by atoms with Crippen LogP contribution in [0.1, 0.15) is 22.8 Å². The molecule has 0 saturated carbocycles. The van der Waals surface area contributed by atoms with Crippen LogP contribution in [-0.2, 0) is 11.2 Å². The number of aliphatic hydroxyl groups excluding tert-OH is 1. The van der Waals surface area contributed by atoms with E-state index in [1.807, 2.05) is 6.92 Å². The highest BCUT2D eigenvalue weighted by molar-refractivity contribution is 5.91. The van der Waals surface area contributed by atoms with Gasteiger partial charge in [0.15, 0.2) is 0 Å². The molecular weight excluding hydrogens is 234 g/mol. The Morgan fingerprint density at radius 1 is 1.33 bits per heavy atom. The molecule has 0 aromatic heterocycles. The van der Waals surface area contributed by atoms with Crippen molar-refractivity contribution >= 4 is 11.9 Å². The first-order valence-corrected chi connectivity index (χ1v) is 5.73. The van der Waals surface area contributed by atoms with Gasteiger partial charge in [-0.05, 0) is 17.5 Å². The number of nitrogens with one attached hydrogen (secondary N) is 1. The molecule has 18 heavy (non-hydrogen) atoms. The summed E-state index contributed by atoms with van der Waals surface area (Å²) >= 11 is 0. The Morgan fingerprint density at radius 2 is 2.00 bits per heavy atom. The molecule has 0 fully saturated rings. The molecule has 1 amide bonds.